The van der Waals surface area contributed by atoms with Crippen LogP contribution in [0.2, 0.25) is 0 Å². The van der Waals surface area contributed by atoms with Crippen LogP contribution in [0.25, 0.3) is 0 Å². The van der Waals surface area contributed by atoms with E-state index in [0.29, 0.717) is 3.57 Å². The Labute approximate surface area is 101 Å². The molecular formula is C10H12INO3. The maximum absolute atomic E-state index is 10.8. The van der Waals surface area contributed by atoms with Gasteiger partial charge in [-0.25, -0.2) is 0 Å². The van der Waals surface area contributed by atoms with Crippen molar-refractivity contribution in [2.24, 2.45) is 5.73 Å². The molecule has 0 fully saturated rings. The van der Waals surface area contributed by atoms with E-state index in [1.165, 1.54) is 13.0 Å². The van der Waals surface area contributed by atoms with Crippen LogP contribution in [-0.2, 0) is 11.2 Å². The molecule has 5 heteroatoms. The second-order valence-corrected chi connectivity index (χ2v) is 4.85. The molecule has 0 spiro atoms. The third kappa shape index (κ3) is 3.07. The van der Waals surface area contributed by atoms with E-state index in [1.807, 2.05) is 22.6 Å². The zero-order valence-corrected chi connectivity index (χ0v) is 10.4. The molecule has 1 rings (SSSR count). The predicted molar refractivity (Wildman–Crippen MR) is 64.8 cm³/mol. The summed E-state index contributed by atoms with van der Waals surface area (Å²) in [7, 11) is 0. The molecule has 0 aliphatic carbocycles. The topological polar surface area (TPSA) is 83.5 Å². The highest BCUT2D eigenvalue weighted by molar-refractivity contribution is 14.1. The lowest BCUT2D eigenvalue weighted by Gasteiger charge is -2.19. The molecule has 15 heavy (non-hydrogen) atoms. The third-order valence-corrected chi connectivity index (χ3v) is 2.94. The molecule has 0 aliphatic rings. The van der Waals surface area contributed by atoms with Gasteiger partial charge in [0.1, 0.15) is 11.3 Å². The van der Waals surface area contributed by atoms with Gasteiger partial charge in [0.05, 0.1) is 3.57 Å². The Morgan fingerprint density at radius 2 is 2.20 bits per heavy atom. The third-order valence-electron chi connectivity index (χ3n) is 2.07. The van der Waals surface area contributed by atoms with Gasteiger partial charge < -0.3 is 15.9 Å². The Hall–Kier alpha value is -0.820. The quantitative estimate of drug-likeness (QED) is 0.734. The first-order valence-corrected chi connectivity index (χ1v) is 5.40. The zero-order chi connectivity index (χ0) is 11.6. The summed E-state index contributed by atoms with van der Waals surface area (Å²) >= 11 is 1.98. The van der Waals surface area contributed by atoms with Gasteiger partial charge in [0.15, 0.2) is 0 Å². The van der Waals surface area contributed by atoms with Gasteiger partial charge in [-0.15, -0.1) is 0 Å². The van der Waals surface area contributed by atoms with Crippen LogP contribution in [-0.4, -0.2) is 21.7 Å². The maximum Gasteiger partial charge on any atom is 0.323 e. The minimum atomic E-state index is -1.28. The number of hydrogen-bond donors (Lipinski definition) is 3. The molecule has 1 aromatic rings. The summed E-state index contributed by atoms with van der Waals surface area (Å²) < 4.78 is 0.686. The highest BCUT2D eigenvalue weighted by Crippen LogP contribution is 2.22. The first-order valence-electron chi connectivity index (χ1n) is 4.32. The van der Waals surface area contributed by atoms with E-state index in [4.69, 9.17) is 10.8 Å². The van der Waals surface area contributed by atoms with Crippen LogP contribution in [0.5, 0.6) is 5.75 Å². The molecule has 0 amide bonds. The minimum Gasteiger partial charge on any atom is -0.507 e. The van der Waals surface area contributed by atoms with E-state index < -0.39 is 11.5 Å². The van der Waals surface area contributed by atoms with Crippen molar-refractivity contribution in [2.45, 2.75) is 18.9 Å². The largest absolute Gasteiger partial charge is 0.507 e. The Morgan fingerprint density at radius 3 is 2.67 bits per heavy atom. The normalized spacial score (nSPS) is 14.6. The van der Waals surface area contributed by atoms with Crippen LogP contribution in [0.4, 0.5) is 0 Å². The fourth-order valence-corrected chi connectivity index (χ4v) is 1.74. The van der Waals surface area contributed by atoms with Gasteiger partial charge in [-0.2, -0.15) is 0 Å². The number of carboxylic acid groups (broad SMARTS) is 1. The molecule has 4 N–H and O–H groups in total. The van der Waals surface area contributed by atoms with Crippen molar-refractivity contribution < 1.29 is 15.0 Å². The summed E-state index contributed by atoms with van der Waals surface area (Å²) in [6.07, 6.45) is 0.235. The molecule has 1 aromatic carbocycles. The van der Waals surface area contributed by atoms with Gasteiger partial charge in [0.2, 0.25) is 0 Å². The van der Waals surface area contributed by atoms with Crippen molar-refractivity contribution in [3.63, 3.8) is 0 Å². The van der Waals surface area contributed by atoms with Crippen molar-refractivity contribution in [1.82, 2.24) is 0 Å². The van der Waals surface area contributed by atoms with E-state index in [1.54, 1.807) is 12.1 Å². The van der Waals surface area contributed by atoms with Crippen LogP contribution in [0.15, 0.2) is 18.2 Å². The molecule has 0 radical (unpaired) electrons. The number of benzene rings is 1. The Balaban J connectivity index is 2.91. The Bertz CT molecular complexity index is 390. The summed E-state index contributed by atoms with van der Waals surface area (Å²) in [6, 6.07) is 4.94. The smallest absolute Gasteiger partial charge is 0.323 e. The molecule has 0 heterocycles. The van der Waals surface area contributed by atoms with Crippen LogP contribution in [0.3, 0.4) is 0 Å². The summed E-state index contributed by atoms with van der Waals surface area (Å²) in [5, 5.41) is 18.1. The average molecular weight is 321 g/mol. The number of phenols is 1. The monoisotopic (exact) mass is 321 g/mol. The molecule has 1 atom stereocenters. The molecule has 0 bridgehead atoms. The first kappa shape index (κ1) is 12.3. The van der Waals surface area contributed by atoms with Gasteiger partial charge in [0.25, 0.3) is 0 Å². The molecule has 0 saturated heterocycles. The average Bonchev–Trinajstić information content (AvgIpc) is 2.10. The van der Waals surface area contributed by atoms with Crippen LogP contribution >= 0.6 is 22.6 Å². The summed E-state index contributed by atoms with van der Waals surface area (Å²) in [4.78, 5) is 10.8. The van der Waals surface area contributed by atoms with Crippen molar-refractivity contribution in [3.8, 4) is 5.75 Å². The standard InChI is InChI=1S/C10H12INO3/c1-10(12,9(14)15)5-6-2-3-8(13)7(11)4-6/h2-4,13H,5,12H2,1H3,(H,14,15)/t10-/m1/s1. The summed E-state index contributed by atoms with van der Waals surface area (Å²) in [5.74, 6) is -0.848. The minimum absolute atomic E-state index is 0.188. The number of aromatic hydroxyl groups is 1. The van der Waals surface area contributed by atoms with E-state index in [-0.39, 0.29) is 12.2 Å². The van der Waals surface area contributed by atoms with Crippen LogP contribution < -0.4 is 5.73 Å². The lowest BCUT2D eigenvalue weighted by atomic mass is 9.94. The van der Waals surface area contributed by atoms with E-state index in [2.05, 4.69) is 0 Å². The number of rotatable bonds is 3. The lowest BCUT2D eigenvalue weighted by Crippen LogP contribution is -2.46. The predicted octanol–water partition coefficient (Wildman–Crippen LogP) is 1.34. The lowest BCUT2D eigenvalue weighted by molar-refractivity contribution is -0.142. The van der Waals surface area contributed by atoms with E-state index in [0.717, 1.165) is 5.56 Å². The first-order chi connectivity index (χ1) is 6.83. The maximum atomic E-state index is 10.8. The number of halogens is 1. The summed E-state index contributed by atoms with van der Waals surface area (Å²) in [6.45, 7) is 1.47. The Morgan fingerprint density at radius 1 is 1.60 bits per heavy atom. The number of phenolic OH excluding ortho intramolecular Hbond substituents is 1. The number of carboxylic acids is 1. The van der Waals surface area contributed by atoms with Crippen LogP contribution in [0, 0.1) is 3.57 Å². The van der Waals surface area contributed by atoms with Crippen molar-refractivity contribution >= 4 is 28.6 Å². The van der Waals surface area contributed by atoms with Crippen molar-refractivity contribution in [3.05, 3.63) is 27.3 Å². The molecule has 0 aliphatic heterocycles. The number of hydrogen-bond acceptors (Lipinski definition) is 3. The van der Waals surface area contributed by atoms with Gasteiger partial charge in [-0.3, -0.25) is 4.79 Å². The van der Waals surface area contributed by atoms with E-state index >= 15 is 0 Å². The second kappa shape index (κ2) is 4.36. The fraction of sp³-hybridized carbons (Fsp3) is 0.300. The molecule has 82 valence electrons. The van der Waals surface area contributed by atoms with E-state index in [9.17, 15) is 9.90 Å². The molecular weight excluding hydrogens is 309 g/mol. The van der Waals surface area contributed by atoms with Gasteiger partial charge in [-0.05, 0) is 47.2 Å². The van der Waals surface area contributed by atoms with Gasteiger partial charge in [-0.1, -0.05) is 6.07 Å². The van der Waals surface area contributed by atoms with Gasteiger partial charge in [0, 0.05) is 6.42 Å². The second-order valence-electron chi connectivity index (χ2n) is 3.69. The zero-order valence-electron chi connectivity index (χ0n) is 8.20. The fourth-order valence-electron chi connectivity index (χ4n) is 1.16. The van der Waals surface area contributed by atoms with Gasteiger partial charge >= 0.3 is 5.97 Å². The highest BCUT2D eigenvalue weighted by atomic mass is 127. The van der Waals surface area contributed by atoms with Crippen molar-refractivity contribution in [2.75, 3.05) is 0 Å². The highest BCUT2D eigenvalue weighted by Gasteiger charge is 2.28. The SMILES string of the molecule is C[C@@](N)(Cc1ccc(O)c(I)c1)C(=O)O. The summed E-state index contributed by atoms with van der Waals surface area (Å²) in [5.41, 5.74) is 5.13. The Kier molecular flexibility index (Phi) is 3.56. The molecule has 0 aromatic heterocycles. The molecule has 4 nitrogen and oxygen atoms in total. The molecule has 0 saturated carbocycles. The number of aliphatic carboxylic acids is 1. The molecule has 0 unspecified atom stereocenters. The number of carbonyl (C=O) groups is 1. The number of nitrogens with two attached hydrogens (primary N) is 1. The van der Waals surface area contributed by atoms with Crippen molar-refractivity contribution in [1.29, 1.82) is 0 Å². The van der Waals surface area contributed by atoms with Crippen LogP contribution in [0.1, 0.15) is 12.5 Å².